The molecule has 1 aromatic heterocycles. The molecule has 0 aliphatic carbocycles. The van der Waals surface area contributed by atoms with Crippen molar-refractivity contribution in [2.45, 2.75) is 32.2 Å². The van der Waals surface area contributed by atoms with Crippen molar-refractivity contribution < 1.29 is 13.6 Å². The molecule has 0 saturated carbocycles. The Hall–Kier alpha value is -1.82. The molecule has 6 heteroatoms. The summed E-state index contributed by atoms with van der Waals surface area (Å²) >= 11 is 1.48. The fourth-order valence-corrected chi connectivity index (χ4v) is 2.64. The van der Waals surface area contributed by atoms with E-state index in [0.717, 1.165) is 23.9 Å². The van der Waals surface area contributed by atoms with Crippen molar-refractivity contribution in [2.75, 3.05) is 0 Å². The molecule has 0 bridgehead atoms. The maximum atomic E-state index is 13.7. The van der Waals surface area contributed by atoms with Crippen molar-refractivity contribution in [2.24, 2.45) is 0 Å². The highest BCUT2D eigenvalue weighted by Crippen LogP contribution is 2.21. The van der Waals surface area contributed by atoms with E-state index in [1.165, 1.54) is 11.3 Å². The van der Waals surface area contributed by atoms with E-state index in [2.05, 4.69) is 10.3 Å². The first-order valence-corrected chi connectivity index (χ1v) is 7.65. The van der Waals surface area contributed by atoms with Crippen molar-refractivity contribution in [3.63, 3.8) is 0 Å². The monoisotopic (exact) mass is 310 g/mol. The summed E-state index contributed by atoms with van der Waals surface area (Å²) in [6.07, 6.45) is 1.30. The molecule has 0 saturated heterocycles. The standard InChI is InChI=1S/C15H16F2N2OS/c1-2-14(12-7-10(16)3-5-13(12)17)19-15(20)6-4-11-8-21-9-18-11/h3,5,7-9,14H,2,4,6H2,1H3,(H,19,20)/t14-/m0/s1. The number of hydrogen-bond acceptors (Lipinski definition) is 3. The van der Waals surface area contributed by atoms with Crippen LogP contribution < -0.4 is 5.32 Å². The molecule has 1 N–H and O–H groups in total. The molecular weight excluding hydrogens is 294 g/mol. The average molecular weight is 310 g/mol. The zero-order valence-electron chi connectivity index (χ0n) is 11.6. The van der Waals surface area contributed by atoms with Gasteiger partial charge in [0.15, 0.2) is 0 Å². The van der Waals surface area contributed by atoms with E-state index in [0.29, 0.717) is 12.8 Å². The molecule has 112 valence electrons. The lowest BCUT2D eigenvalue weighted by Crippen LogP contribution is -2.29. The number of aryl methyl sites for hydroxylation is 1. The molecule has 2 rings (SSSR count). The van der Waals surface area contributed by atoms with Crippen molar-refractivity contribution in [1.82, 2.24) is 10.3 Å². The van der Waals surface area contributed by atoms with Crippen molar-refractivity contribution in [1.29, 1.82) is 0 Å². The molecule has 1 aromatic carbocycles. The molecule has 0 radical (unpaired) electrons. The van der Waals surface area contributed by atoms with Crippen LogP contribution in [-0.4, -0.2) is 10.9 Å². The normalized spacial score (nSPS) is 12.1. The van der Waals surface area contributed by atoms with Crippen LogP contribution in [0.5, 0.6) is 0 Å². The SMILES string of the molecule is CC[C@H](NC(=O)CCc1cscn1)c1cc(F)ccc1F. The van der Waals surface area contributed by atoms with Gasteiger partial charge in [-0.25, -0.2) is 13.8 Å². The second-order valence-corrected chi connectivity index (χ2v) is 5.39. The Morgan fingerprint density at radius 3 is 2.90 bits per heavy atom. The van der Waals surface area contributed by atoms with Crippen LogP contribution in [0.4, 0.5) is 8.78 Å². The summed E-state index contributed by atoms with van der Waals surface area (Å²) in [4.78, 5) is 16.0. The minimum absolute atomic E-state index is 0.180. The van der Waals surface area contributed by atoms with Gasteiger partial charge < -0.3 is 5.32 Å². The van der Waals surface area contributed by atoms with Gasteiger partial charge >= 0.3 is 0 Å². The van der Waals surface area contributed by atoms with E-state index in [1.54, 1.807) is 5.51 Å². The summed E-state index contributed by atoms with van der Waals surface area (Å²) in [7, 11) is 0. The molecule has 21 heavy (non-hydrogen) atoms. The van der Waals surface area contributed by atoms with E-state index >= 15 is 0 Å². The number of nitrogens with one attached hydrogen (secondary N) is 1. The maximum absolute atomic E-state index is 13.7. The lowest BCUT2D eigenvalue weighted by atomic mass is 10.0. The number of amides is 1. The average Bonchev–Trinajstić information content (AvgIpc) is 2.98. The predicted octanol–water partition coefficient (Wildman–Crippen LogP) is 3.62. The number of nitrogens with zero attached hydrogens (tertiary/aromatic N) is 1. The van der Waals surface area contributed by atoms with E-state index in [1.807, 2.05) is 12.3 Å². The van der Waals surface area contributed by atoms with Gasteiger partial charge in [-0.2, -0.15) is 0 Å². The number of rotatable bonds is 6. The number of aromatic nitrogens is 1. The Kier molecular flexibility index (Phi) is 5.38. The van der Waals surface area contributed by atoms with E-state index in [4.69, 9.17) is 0 Å². The van der Waals surface area contributed by atoms with Crippen LogP contribution in [0.2, 0.25) is 0 Å². The second-order valence-electron chi connectivity index (χ2n) is 4.67. The molecule has 1 amide bonds. The second kappa shape index (κ2) is 7.26. The van der Waals surface area contributed by atoms with Crippen LogP contribution in [0.3, 0.4) is 0 Å². The molecule has 0 unspecified atom stereocenters. The van der Waals surface area contributed by atoms with Crippen LogP contribution in [0.25, 0.3) is 0 Å². The molecule has 0 aliphatic heterocycles. The first-order chi connectivity index (χ1) is 10.1. The lowest BCUT2D eigenvalue weighted by Gasteiger charge is -2.18. The van der Waals surface area contributed by atoms with Gasteiger partial charge in [0.2, 0.25) is 5.91 Å². The molecule has 3 nitrogen and oxygen atoms in total. The smallest absolute Gasteiger partial charge is 0.220 e. The van der Waals surface area contributed by atoms with Gasteiger partial charge in [-0.05, 0) is 31.0 Å². The van der Waals surface area contributed by atoms with E-state index < -0.39 is 17.7 Å². The highest BCUT2D eigenvalue weighted by Gasteiger charge is 2.17. The van der Waals surface area contributed by atoms with Gasteiger partial charge in [-0.1, -0.05) is 6.92 Å². The molecule has 1 atom stereocenters. The number of benzene rings is 1. The van der Waals surface area contributed by atoms with Gasteiger partial charge in [0.1, 0.15) is 11.6 Å². The first kappa shape index (κ1) is 15.6. The third-order valence-electron chi connectivity index (χ3n) is 3.17. The minimum atomic E-state index is -0.524. The van der Waals surface area contributed by atoms with Crippen LogP contribution in [0, 0.1) is 11.6 Å². The van der Waals surface area contributed by atoms with Crippen LogP contribution in [0.15, 0.2) is 29.1 Å². The highest BCUT2D eigenvalue weighted by atomic mass is 32.1. The Labute approximate surface area is 126 Å². The largest absolute Gasteiger partial charge is 0.349 e. The first-order valence-electron chi connectivity index (χ1n) is 6.71. The van der Waals surface area contributed by atoms with E-state index in [9.17, 15) is 13.6 Å². The Morgan fingerprint density at radius 1 is 1.43 bits per heavy atom. The zero-order valence-corrected chi connectivity index (χ0v) is 12.4. The van der Waals surface area contributed by atoms with E-state index in [-0.39, 0.29) is 17.9 Å². The zero-order chi connectivity index (χ0) is 15.2. The topological polar surface area (TPSA) is 42.0 Å². The number of halogens is 2. The van der Waals surface area contributed by atoms with Gasteiger partial charge in [0.05, 0.1) is 17.2 Å². The van der Waals surface area contributed by atoms with Crippen LogP contribution in [-0.2, 0) is 11.2 Å². The summed E-state index contributed by atoms with van der Waals surface area (Å²) in [6.45, 7) is 1.82. The van der Waals surface area contributed by atoms with Crippen molar-refractivity contribution in [3.8, 4) is 0 Å². The number of thiazole rings is 1. The quantitative estimate of drug-likeness (QED) is 0.885. The van der Waals surface area contributed by atoms with Crippen LogP contribution >= 0.6 is 11.3 Å². The third-order valence-corrected chi connectivity index (χ3v) is 3.80. The van der Waals surface area contributed by atoms with Gasteiger partial charge in [-0.3, -0.25) is 4.79 Å². The summed E-state index contributed by atoms with van der Waals surface area (Å²) in [5, 5.41) is 4.63. The van der Waals surface area contributed by atoms with Gasteiger partial charge in [-0.15, -0.1) is 11.3 Å². The Morgan fingerprint density at radius 2 is 2.24 bits per heavy atom. The molecular formula is C15H16F2N2OS. The third kappa shape index (κ3) is 4.32. The number of hydrogen-bond donors (Lipinski definition) is 1. The summed E-state index contributed by atoms with van der Waals surface area (Å²) in [5.41, 5.74) is 2.75. The Bertz CT molecular complexity index is 602. The molecule has 0 aliphatic rings. The summed E-state index contributed by atoms with van der Waals surface area (Å²) in [5.74, 6) is -1.22. The van der Waals surface area contributed by atoms with Crippen molar-refractivity contribution in [3.05, 3.63) is 52.0 Å². The Balaban J connectivity index is 1.98. The maximum Gasteiger partial charge on any atom is 0.220 e. The highest BCUT2D eigenvalue weighted by molar-refractivity contribution is 7.07. The summed E-state index contributed by atoms with van der Waals surface area (Å²) in [6, 6.07) is 2.75. The molecule has 1 heterocycles. The molecule has 0 spiro atoms. The molecule has 0 fully saturated rings. The fourth-order valence-electron chi connectivity index (χ4n) is 2.05. The lowest BCUT2D eigenvalue weighted by molar-refractivity contribution is -0.121. The minimum Gasteiger partial charge on any atom is -0.349 e. The molecule has 2 aromatic rings. The summed E-state index contributed by atoms with van der Waals surface area (Å²) < 4.78 is 27.0. The fraction of sp³-hybridized carbons (Fsp3) is 0.333. The number of carbonyl (C=O) groups excluding carboxylic acids is 1. The van der Waals surface area contributed by atoms with Gasteiger partial charge in [0, 0.05) is 17.4 Å². The predicted molar refractivity (Wildman–Crippen MR) is 78.0 cm³/mol. The van der Waals surface area contributed by atoms with Crippen molar-refractivity contribution >= 4 is 17.2 Å². The van der Waals surface area contributed by atoms with Gasteiger partial charge in [0.25, 0.3) is 0 Å². The van der Waals surface area contributed by atoms with Crippen LogP contribution in [0.1, 0.15) is 37.1 Å². The number of carbonyl (C=O) groups is 1.